The zero-order valence-corrected chi connectivity index (χ0v) is 15.2. The van der Waals surface area contributed by atoms with Gasteiger partial charge < -0.3 is 9.47 Å². The summed E-state index contributed by atoms with van der Waals surface area (Å²) >= 11 is 1.34. The Bertz CT molecular complexity index is 852. The van der Waals surface area contributed by atoms with Crippen molar-refractivity contribution in [2.24, 2.45) is 0 Å². The van der Waals surface area contributed by atoms with Crippen LogP contribution in [0.1, 0.15) is 22.3 Å². The molecule has 0 spiro atoms. The Balaban J connectivity index is 1.53. The molecule has 0 fully saturated rings. The maximum atomic E-state index is 12.3. The number of carbonyl (C=O) groups is 1. The first kappa shape index (κ1) is 17.9. The zero-order valence-electron chi connectivity index (χ0n) is 14.3. The summed E-state index contributed by atoms with van der Waals surface area (Å²) in [4.78, 5) is 12.3. The van der Waals surface area contributed by atoms with Gasteiger partial charge in [0.2, 0.25) is 5.13 Å². The van der Waals surface area contributed by atoms with Crippen molar-refractivity contribution in [2.75, 3.05) is 18.5 Å². The maximum Gasteiger partial charge on any atom is 0.257 e. The molecule has 6 nitrogen and oxygen atoms in total. The Morgan fingerprint density at radius 2 is 1.85 bits per heavy atom. The molecular formula is C19H19N3O3S. The van der Waals surface area contributed by atoms with Crippen molar-refractivity contribution in [1.29, 1.82) is 0 Å². The number of benzene rings is 2. The van der Waals surface area contributed by atoms with E-state index in [9.17, 15) is 4.79 Å². The van der Waals surface area contributed by atoms with Crippen LogP contribution < -0.4 is 14.8 Å². The summed E-state index contributed by atoms with van der Waals surface area (Å²) < 4.78 is 11.1. The van der Waals surface area contributed by atoms with Gasteiger partial charge in [-0.1, -0.05) is 35.6 Å². The third-order valence-corrected chi connectivity index (χ3v) is 4.32. The molecule has 0 unspecified atom stereocenters. The molecule has 134 valence electrons. The van der Waals surface area contributed by atoms with Crippen molar-refractivity contribution in [2.45, 2.75) is 13.3 Å². The zero-order chi connectivity index (χ0) is 18.2. The second-order valence-electron chi connectivity index (χ2n) is 5.33. The summed E-state index contributed by atoms with van der Waals surface area (Å²) in [6, 6.07) is 16.6. The molecule has 0 aliphatic carbocycles. The first-order valence-electron chi connectivity index (χ1n) is 8.29. The molecule has 0 aliphatic heterocycles. The molecule has 1 heterocycles. The number of nitrogens with zero attached hydrogens (tertiary/aromatic N) is 2. The third-order valence-electron chi connectivity index (χ3n) is 3.42. The van der Waals surface area contributed by atoms with Crippen molar-refractivity contribution in [3.63, 3.8) is 0 Å². The molecule has 0 saturated heterocycles. The van der Waals surface area contributed by atoms with E-state index in [0.29, 0.717) is 36.1 Å². The SMILES string of the molecule is CCOc1cccc(C(=O)Nc2nnc(CCOc3ccccc3)s2)c1. The lowest BCUT2D eigenvalue weighted by molar-refractivity contribution is 0.102. The van der Waals surface area contributed by atoms with Crippen LogP contribution in [0.25, 0.3) is 0 Å². The van der Waals surface area contributed by atoms with Gasteiger partial charge in [-0.05, 0) is 37.3 Å². The first-order chi connectivity index (χ1) is 12.7. The average molecular weight is 369 g/mol. The van der Waals surface area contributed by atoms with E-state index >= 15 is 0 Å². The normalized spacial score (nSPS) is 10.3. The number of hydrogen-bond acceptors (Lipinski definition) is 6. The number of rotatable bonds is 8. The lowest BCUT2D eigenvalue weighted by atomic mass is 10.2. The Kier molecular flexibility index (Phi) is 6.16. The second kappa shape index (κ2) is 8.96. The summed E-state index contributed by atoms with van der Waals surface area (Å²) in [5.74, 6) is 1.24. The molecule has 2 aromatic carbocycles. The fourth-order valence-electron chi connectivity index (χ4n) is 2.24. The largest absolute Gasteiger partial charge is 0.494 e. The van der Waals surface area contributed by atoms with Crippen LogP contribution in [0.5, 0.6) is 11.5 Å². The summed E-state index contributed by atoms with van der Waals surface area (Å²) in [6.45, 7) is 2.95. The lowest BCUT2D eigenvalue weighted by Gasteiger charge is -2.05. The number of nitrogens with one attached hydrogen (secondary N) is 1. The quantitative estimate of drug-likeness (QED) is 0.654. The van der Waals surface area contributed by atoms with E-state index in [-0.39, 0.29) is 5.91 Å². The van der Waals surface area contributed by atoms with Crippen LogP contribution in [0, 0.1) is 0 Å². The fourth-order valence-corrected chi connectivity index (χ4v) is 2.96. The predicted octanol–water partition coefficient (Wildman–Crippen LogP) is 3.81. The van der Waals surface area contributed by atoms with Gasteiger partial charge in [-0.2, -0.15) is 0 Å². The van der Waals surface area contributed by atoms with E-state index in [1.807, 2.05) is 43.3 Å². The van der Waals surface area contributed by atoms with Gasteiger partial charge in [0.1, 0.15) is 16.5 Å². The van der Waals surface area contributed by atoms with E-state index in [4.69, 9.17) is 9.47 Å². The van der Waals surface area contributed by atoms with Gasteiger partial charge in [-0.3, -0.25) is 10.1 Å². The Hall–Kier alpha value is -2.93. The maximum absolute atomic E-state index is 12.3. The van der Waals surface area contributed by atoms with Gasteiger partial charge in [-0.25, -0.2) is 0 Å². The van der Waals surface area contributed by atoms with Crippen molar-refractivity contribution in [3.05, 3.63) is 65.2 Å². The molecule has 7 heteroatoms. The highest BCUT2D eigenvalue weighted by atomic mass is 32.1. The number of aromatic nitrogens is 2. The topological polar surface area (TPSA) is 73.3 Å². The van der Waals surface area contributed by atoms with Crippen molar-refractivity contribution >= 4 is 22.4 Å². The number of hydrogen-bond donors (Lipinski definition) is 1. The van der Waals surface area contributed by atoms with E-state index in [1.165, 1.54) is 11.3 Å². The predicted molar refractivity (Wildman–Crippen MR) is 101 cm³/mol. The first-order valence-corrected chi connectivity index (χ1v) is 9.10. The van der Waals surface area contributed by atoms with Crippen LogP contribution in [0.15, 0.2) is 54.6 Å². The minimum atomic E-state index is -0.241. The minimum absolute atomic E-state index is 0.241. The molecule has 1 N–H and O–H groups in total. The average Bonchev–Trinajstić information content (AvgIpc) is 3.10. The standard InChI is InChI=1S/C19H19N3O3S/c1-2-24-16-10-6-7-14(13-16)18(23)20-19-22-21-17(26-19)11-12-25-15-8-4-3-5-9-15/h3-10,13H,2,11-12H2,1H3,(H,20,22,23). The fraction of sp³-hybridized carbons (Fsp3) is 0.211. The monoisotopic (exact) mass is 369 g/mol. The summed E-state index contributed by atoms with van der Waals surface area (Å²) in [6.07, 6.45) is 0.627. The summed E-state index contributed by atoms with van der Waals surface area (Å²) in [7, 11) is 0. The lowest BCUT2D eigenvalue weighted by Crippen LogP contribution is -2.11. The molecule has 0 atom stereocenters. The number of carbonyl (C=O) groups excluding carboxylic acids is 1. The van der Waals surface area contributed by atoms with Crippen molar-refractivity contribution < 1.29 is 14.3 Å². The van der Waals surface area contributed by atoms with Crippen LogP contribution in [0.4, 0.5) is 5.13 Å². The summed E-state index contributed by atoms with van der Waals surface area (Å²) in [5.41, 5.74) is 0.514. The second-order valence-corrected chi connectivity index (χ2v) is 6.39. The van der Waals surface area contributed by atoms with Crippen LogP contribution in [0.3, 0.4) is 0 Å². The van der Waals surface area contributed by atoms with Crippen molar-refractivity contribution in [3.8, 4) is 11.5 Å². The van der Waals surface area contributed by atoms with Crippen molar-refractivity contribution in [1.82, 2.24) is 10.2 Å². The van der Waals surface area contributed by atoms with Crippen LogP contribution in [-0.2, 0) is 6.42 Å². The van der Waals surface area contributed by atoms with Gasteiger partial charge in [-0.15, -0.1) is 10.2 Å². The highest BCUT2D eigenvalue weighted by molar-refractivity contribution is 7.15. The molecule has 0 radical (unpaired) electrons. The molecule has 0 bridgehead atoms. The van der Waals surface area contributed by atoms with Crippen LogP contribution in [-0.4, -0.2) is 29.3 Å². The third kappa shape index (κ3) is 5.03. The molecule has 0 aliphatic rings. The van der Waals surface area contributed by atoms with E-state index in [1.54, 1.807) is 18.2 Å². The van der Waals surface area contributed by atoms with E-state index in [2.05, 4.69) is 15.5 Å². The number of amides is 1. The van der Waals surface area contributed by atoms with Crippen LogP contribution in [0.2, 0.25) is 0 Å². The molecule has 3 aromatic rings. The molecular weight excluding hydrogens is 350 g/mol. The molecule has 26 heavy (non-hydrogen) atoms. The van der Waals surface area contributed by atoms with E-state index in [0.717, 1.165) is 10.8 Å². The molecule has 3 rings (SSSR count). The van der Waals surface area contributed by atoms with Gasteiger partial charge in [0, 0.05) is 12.0 Å². The highest BCUT2D eigenvalue weighted by Gasteiger charge is 2.11. The van der Waals surface area contributed by atoms with Crippen LogP contribution >= 0.6 is 11.3 Å². The smallest absolute Gasteiger partial charge is 0.257 e. The summed E-state index contributed by atoms with van der Waals surface area (Å²) in [5, 5.41) is 12.1. The highest BCUT2D eigenvalue weighted by Crippen LogP contribution is 2.19. The van der Waals surface area contributed by atoms with E-state index < -0.39 is 0 Å². The molecule has 1 amide bonds. The Labute approximate surface area is 155 Å². The minimum Gasteiger partial charge on any atom is -0.494 e. The molecule has 1 aromatic heterocycles. The Morgan fingerprint density at radius 3 is 2.65 bits per heavy atom. The Morgan fingerprint density at radius 1 is 1.04 bits per heavy atom. The van der Waals surface area contributed by atoms with Gasteiger partial charge in [0.25, 0.3) is 5.91 Å². The number of anilines is 1. The molecule has 0 saturated carbocycles. The van der Waals surface area contributed by atoms with Gasteiger partial charge in [0.05, 0.1) is 13.2 Å². The van der Waals surface area contributed by atoms with Gasteiger partial charge in [0.15, 0.2) is 0 Å². The number of ether oxygens (including phenoxy) is 2. The number of para-hydroxylation sites is 1. The van der Waals surface area contributed by atoms with Gasteiger partial charge >= 0.3 is 0 Å².